The lowest BCUT2D eigenvalue weighted by Gasteiger charge is -2.36. The van der Waals surface area contributed by atoms with Crippen LogP contribution in [0.15, 0.2) is 30.3 Å². The molecule has 0 aromatic heterocycles. The summed E-state index contributed by atoms with van der Waals surface area (Å²) in [5.41, 5.74) is 0.855. The molecule has 1 fully saturated rings. The van der Waals surface area contributed by atoms with E-state index in [1.807, 2.05) is 45.0 Å². The molecule has 0 radical (unpaired) electrons. The number of hydrogen-bond donors (Lipinski definition) is 0. The van der Waals surface area contributed by atoms with Gasteiger partial charge in [-0.25, -0.2) is 4.79 Å². The van der Waals surface area contributed by atoms with Crippen LogP contribution in [0.25, 0.3) is 0 Å². The first-order chi connectivity index (χ1) is 23.5. The van der Waals surface area contributed by atoms with Crippen molar-refractivity contribution >= 4 is 28.9 Å². The van der Waals surface area contributed by atoms with Crippen LogP contribution in [-0.2, 0) is 52.2 Å². The molecule has 1 saturated heterocycles. The van der Waals surface area contributed by atoms with Crippen molar-refractivity contribution in [2.45, 2.75) is 48.1 Å². The fraction of sp³-hybridized carbons (Fsp3) is 0.774. The summed E-state index contributed by atoms with van der Waals surface area (Å²) >= 11 is 0. The summed E-state index contributed by atoms with van der Waals surface area (Å²) in [5.74, 6) is 0. The third-order valence-corrected chi connectivity index (χ3v) is 13.5. The van der Waals surface area contributed by atoms with Crippen molar-refractivity contribution in [1.29, 1.82) is 0 Å². The van der Waals surface area contributed by atoms with E-state index in [-0.39, 0.29) is 78.2 Å². The Hall–Kier alpha value is -1.18. The lowest BCUT2D eigenvalue weighted by molar-refractivity contribution is 0.0827. The summed E-state index contributed by atoms with van der Waals surface area (Å²) in [6, 6.07) is 9.42. The summed E-state index contributed by atoms with van der Waals surface area (Å²) in [6.07, 6.45) is -0.478. The lowest BCUT2D eigenvalue weighted by Crippen LogP contribution is -2.48. The van der Waals surface area contributed by atoms with Gasteiger partial charge in [-0.15, -0.1) is 0 Å². The normalized spacial score (nSPS) is 17.1. The average molecular weight is 757 g/mol. The molecule has 1 aromatic carbocycles. The van der Waals surface area contributed by atoms with Crippen molar-refractivity contribution in [3.63, 3.8) is 0 Å². The van der Waals surface area contributed by atoms with E-state index in [9.17, 15) is 18.5 Å². The van der Waals surface area contributed by atoms with Crippen molar-refractivity contribution in [3.05, 3.63) is 35.9 Å². The highest BCUT2D eigenvalue weighted by Gasteiger charge is 2.33. The zero-order valence-corrected chi connectivity index (χ0v) is 32.9. The number of ether oxygens (including phenoxy) is 1. The molecular formula is C31H59N4O11P3. The maximum absolute atomic E-state index is 13.7. The van der Waals surface area contributed by atoms with Gasteiger partial charge in [0.2, 0.25) is 0 Å². The summed E-state index contributed by atoms with van der Waals surface area (Å²) in [6.45, 7) is 14.6. The Morgan fingerprint density at radius 1 is 0.531 bits per heavy atom. The number of carbonyl (C=O) groups excluding carboxylic acids is 1. The van der Waals surface area contributed by atoms with Crippen LogP contribution in [0.2, 0.25) is 0 Å². The van der Waals surface area contributed by atoms with Gasteiger partial charge in [0.1, 0.15) is 25.5 Å². The minimum absolute atomic E-state index is 0.00201. The van der Waals surface area contributed by atoms with Crippen LogP contribution in [0.1, 0.15) is 47.1 Å². The Labute approximate surface area is 293 Å². The van der Waals surface area contributed by atoms with Crippen LogP contribution in [0.4, 0.5) is 4.79 Å². The molecule has 1 aliphatic rings. The number of rotatable bonds is 20. The first kappa shape index (κ1) is 44.0. The van der Waals surface area contributed by atoms with Crippen LogP contribution in [0.5, 0.6) is 0 Å². The van der Waals surface area contributed by atoms with Gasteiger partial charge in [0.05, 0.1) is 39.6 Å². The van der Waals surface area contributed by atoms with E-state index in [1.54, 1.807) is 46.4 Å². The maximum Gasteiger partial charge on any atom is 0.410 e. The molecule has 0 spiro atoms. The van der Waals surface area contributed by atoms with Crippen molar-refractivity contribution in [3.8, 4) is 0 Å². The Bertz CT molecular complexity index is 1140. The van der Waals surface area contributed by atoms with E-state index in [0.717, 1.165) is 5.56 Å². The molecule has 0 N–H and O–H groups in total. The molecular weight excluding hydrogens is 697 g/mol. The van der Waals surface area contributed by atoms with Crippen LogP contribution < -0.4 is 0 Å². The molecule has 0 saturated carbocycles. The lowest BCUT2D eigenvalue weighted by atomic mass is 10.2. The van der Waals surface area contributed by atoms with Crippen molar-refractivity contribution in [2.24, 2.45) is 0 Å². The molecule has 0 bridgehead atoms. The molecule has 18 heteroatoms. The van der Waals surface area contributed by atoms with Gasteiger partial charge in [0, 0.05) is 52.4 Å². The SMILES string of the molecule is CCOP(=O)(CN1CCN(CP(=O)(OCC)OCC)CCN(C(=O)OCc2ccccc2)CCN(CP(=O)(OCC)OCC)CC1)OCC. The summed E-state index contributed by atoms with van der Waals surface area (Å²) in [5, 5.41) is 0. The molecule has 2 rings (SSSR count). The quantitative estimate of drug-likeness (QED) is 0.139. The van der Waals surface area contributed by atoms with E-state index in [0.29, 0.717) is 39.3 Å². The standard InChI is InChI=1S/C31H59N4O11P3/c1-7-41-47(37,42-8-2)27-32-18-20-33(28-48(38,43-9-3)44-10-4)22-24-35(31(36)40-26-30-16-14-13-15-17-30)25-23-34(21-19-32)29-49(39,45-11-5)46-12-6/h13-17H,7-12,18-29H2,1-6H3. The van der Waals surface area contributed by atoms with Crippen molar-refractivity contribution in [2.75, 3.05) is 111 Å². The highest BCUT2D eigenvalue weighted by molar-refractivity contribution is 7.54. The zero-order chi connectivity index (χ0) is 36.2. The average Bonchev–Trinajstić information content (AvgIpc) is 3.04. The zero-order valence-electron chi connectivity index (χ0n) is 30.2. The van der Waals surface area contributed by atoms with Crippen molar-refractivity contribution < 1.29 is 50.4 Å². The summed E-state index contributed by atoms with van der Waals surface area (Å²) in [4.78, 5) is 20.9. The van der Waals surface area contributed by atoms with Gasteiger partial charge in [0.15, 0.2) is 0 Å². The first-order valence-electron chi connectivity index (χ1n) is 17.2. The van der Waals surface area contributed by atoms with Gasteiger partial charge < -0.3 is 36.8 Å². The highest BCUT2D eigenvalue weighted by atomic mass is 31.2. The van der Waals surface area contributed by atoms with Gasteiger partial charge in [-0.3, -0.25) is 28.4 Å². The summed E-state index contributed by atoms with van der Waals surface area (Å²) < 4.78 is 80.3. The summed E-state index contributed by atoms with van der Waals surface area (Å²) in [7, 11) is -10.5. The minimum Gasteiger partial charge on any atom is -0.445 e. The Balaban J connectivity index is 2.43. The van der Waals surface area contributed by atoms with Gasteiger partial charge in [-0.1, -0.05) is 30.3 Å². The molecule has 1 aliphatic heterocycles. The second-order valence-electron chi connectivity index (χ2n) is 11.1. The molecule has 0 unspecified atom stereocenters. The predicted octanol–water partition coefficient (Wildman–Crippen LogP) is 6.22. The molecule has 1 heterocycles. The molecule has 0 aliphatic carbocycles. The van der Waals surface area contributed by atoms with E-state index in [1.165, 1.54) is 0 Å². The Kier molecular flexibility index (Phi) is 21.0. The molecule has 0 atom stereocenters. The second kappa shape index (κ2) is 23.4. The van der Waals surface area contributed by atoms with Crippen molar-refractivity contribution in [1.82, 2.24) is 19.6 Å². The minimum atomic E-state index is -3.49. The third-order valence-electron chi connectivity index (χ3n) is 7.37. The monoisotopic (exact) mass is 756 g/mol. The van der Waals surface area contributed by atoms with Crippen LogP contribution in [-0.4, -0.2) is 137 Å². The van der Waals surface area contributed by atoms with Gasteiger partial charge >= 0.3 is 28.9 Å². The highest BCUT2D eigenvalue weighted by Crippen LogP contribution is 2.50. The number of nitrogens with zero attached hydrogens (tertiary/aromatic N) is 4. The number of benzene rings is 1. The largest absolute Gasteiger partial charge is 0.445 e. The maximum atomic E-state index is 13.7. The molecule has 1 aromatic rings. The van der Waals surface area contributed by atoms with E-state index >= 15 is 0 Å². The topological polar surface area (TPSA) is 146 Å². The Morgan fingerprint density at radius 2 is 0.837 bits per heavy atom. The van der Waals surface area contributed by atoms with Crippen LogP contribution >= 0.6 is 22.8 Å². The van der Waals surface area contributed by atoms with Crippen LogP contribution in [0, 0.1) is 0 Å². The number of amides is 1. The van der Waals surface area contributed by atoms with Crippen LogP contribution in [0.3, 0.4) is 0 Å². The van der Waals surface area contributed by atoms with Gasteiger partial charge in [-0.05, 0) is 47.1 Å². The molecule has 284 valence electrons. The Morgan fingerprint density at radius 3 is 1.14 bits per heavy atom. The fourth-order valence-electron chi connectivity index (χ4n) is 5.23. The molecule has 15 nitrogen and oxygen atoms in total. The number of carbonyl (C=O) groups is 1. The molecule has 1 amide bonds. The fourth-order valence-corrected chi connectivity index (χ4v) is 10.6. The third kappa shape index (κ3) is 16.8. The molecule has 49 heavy (non-hydrogen) atoms. The first-order valence-corrected chi connectivity index (χ1v) is 22.4. The predicted molar refractivity (Wildman–Crippen MR) is 190 cm³/mol. The van der Waals surface area contributed by atoms with E-state index in [2.05, 4.69) is 0 Å². The van der Waals surface area contributed by atoms with E-state index in [4.69, 9.17) is 31.9 Å². The van der Waals surface area contributed by atoms with Gasteiger partial charge in [-0.2, -0.15) is 0 Å². The number of hydrogen-bond acceptors (Lipinski definition) is 14. The second-order valence-corrected chi connectivity index (χ2v) is 17.2. The van der Waals surface area contributed by atoms with Gasteiger partial charge in [0.25, 0.3) is 0 Å². The van der Waals surface area contributed by atoms with E-state index < -0.39 is 28.9 Å². The smallest absolute Gasteiger partial charge is 0.410 e.